The van der Waals surface area contributed by atoms with Gasteiger partial charge in [-0.1, -0.05) is 30.3 Å². The van der Waals surface area contributed by atoms with Crippen LogP contribution in [0.4, 0.5) is 14.6 Å². The lowest BCUT2D eigenvalue weighted by Crippen LogP contribution is -2.41. The van der Waals surface area contributed by atoms with Crippen molar-refractivity contribution in [1.82, 2.24) is 20.2 Å². The highest BCUT2D eigenvalue weighted by atomic mass is 19.3. The molecule has 5 aromatic rings. The highest BCUT2D eigenvalue weighted by Gasteiger charge is 2.36. The van der Waals surface area contributed by atoms with E-state index in [9.17, 15) is 18.7 Å². The Hall–Kier alpha value is -4.93. The molecule has 44 heavy (non-hydrogen) atoms. The molecule has 0 aliphatic carbocycles. The monoisotopic (exact) mass is 595 g/mol. The molecule has 0 spiro atoms. The summed E-state index contributed by atoms with van der Waals surface area (Å²) < 4.78 is 33.4. The Morgan fingerprint density at radius 1 is 1.05 bits per heavy atom. The van der Waals surface area contributed by atoms with Gasteiger partial charge in [0.2, 0.25) is 5.91 Å². The molecule has 6 rings (SSSR count). The fourth-order valence-electron chi connectivity index (χ4n) is 5.25. The van der Waals surface area contributed by atoms with Crippen LogP contribution in [0.15, 0.2) is 95.7 Å². The molecule has 224 valence electrons. The lowest BCUT2D eigenvalue weighted by atomic mass is 9.97. The van der Waals surface area contributed by atoms with Crippen LogP contribution in [-0.4, -0.2) is 44.9 Å². The van der Waals surface area contributed by atoms with Gasteiger partial charge in [0.15, 0.2) is 0 Å². The van der Waals surface area contributed by atoms with Crippen LogP contribution in [0.3, 0.4) is 0 Å². The third kappa shape index (κ3) is 6.66. The van der Waals surface area contributed by atoms with Gasteiger partial charge in [0.1, 0.15) is 23.4 Å². The van der Waals surface area contributed by atoms with E-state index < -0.39 is 12.2 Å². The second-order valence-electron chi connectivity index (χ2n) is 10.8. The summed E-state index contributed by atoms with van der Waals surface area (Å²) in [5, 5.41) is 14.5. The van der Waals surface area contributed by atoms with E-state index in [0.29, 0.717) is 22.7 Å². The molecule has 2 aromatic carbocycles. The molecular weight excluding hydrogens is 564 g/mol. The van der Waals surface area contributed by atoms with E-state index in [4.69, 9.17) is 10.2 Å². The largest absolute Gasteiger partial charge is 0.458 e. The lowest BCUT2D eigenvalue weighted by molar-refractivity contribution is -0.116. The first-order chi connectivity index (χ1) is 21.2. The summed E-state index contributed by atoms with van der Waals surface area (Å²) in [5.74, 6) is -1.97. The number of nitrogen functional groups attached to an aromatic ring is 1. The Labute approximate surface area is 252 Å². The Morgan fingerprint density at radius 3 is 2.55 bits per heavy atom. The minimum Gasteiger partial charge on any atom is -0.458 e. The van der Waals surface area contributed by atoms with Crippen molar-refractivity contribution in [3.63, 3.8) is 0 Å². The summed E-state index contributed by atoms with van der Waals surface area (Å²) in [4.78, 5) is 22.7. The van der Waals surface area contributed by atoms with Gasteiger partial charge >= 0.3 is 0 Å². The van der Waals surface area contributed by atoms with Gasteiger partial charge in [-0.3, -0.25) is 14.7 Å². The van der Waals surface area contributed by atoms with Gasteiger partial charge < -0.3 is 20.6 Å². The number of aromatic nitrogens is 2. The van der Waals surface area contributed by atoms with E-state index in [0.717, 1.165) is 33.3 Å². The maximum atomic E-state index is 13.6. The molecule has 10 heteroatoms. The molecule has 1 aliphatic heterocycles. The number of halogens is 2. The van der Waals surface area contributed by atoms with Gasteiger partial charge in [0.05, 0.1) is 12.2 Å². The highest BCUT2D eigenvalue weighted by Crippen LogP contribution is 2.36. The van der Waals surface area contributed by atoms with Crippen molar-refractivity contribution in [1.29, 1.82) is 0 Å². The molecule has 1 amide bonds. The number of furan rings is 1. The number of nitrogens with two attached hydrogens (primary N) is 1. The summed E-state index contributed by atoms with van der Waals surface area (Å²) in [5.41, 5.74) is 11.0. The molecule has 1 aliphatic rings. The van der Waals surface area contributed by atoms with Crippen molar-refractivity contribution < 1.29 is 23.1 Å². The number of amides is 1. The first-order valence-corrected chi connectivity index (χ1v) is 14.3. The van der Waals surface area contributed by atoms with E-state index in [1.54, 1.807) is 35.5 Å². The number of alkyl halides is 2. The zero-order valence-corrected chi connectivity index (χ0v) is 23.8. The maximum absolute atomic E-state index is 13.6. The van der Waals surface area contributed by atoms with Crippen molar-refractivity contribution in [3.8, 4) is 22.4 Å². The SMILES string of the molecule is Nc1ccc(/C=C/C(=O)NCc2cc3cc(-c4ccc(C(O)N5CCC(F)(F)CC5)cc4)cc(-c4ccccn4)c3o2)cn1. The summed E-state index contributed by atoms with van der Waals surface area (Å²) in [6, 6.07) is 22.4. The van der Waals surface area contributed by atoms with Crippen molar-refractivity contribution in [2.24, 2.45) is 0 Å². The van der Waals surface area contributed by atoms with Crippen LogP contribution >= 0.6 is 0 Å². The Kier molecular flexibility index (Phi) is 8.19. The molecular formula is C34H31F2N5O3. The van der Waals surface area contributed by atoms with Crippen LogP contribution < -0.4 is 11.1 Å². The first-order valence-electron chi connectivity index (χ1n) is 14.3. The molecule has 1 fully saturated rings. The van der Waals surface area contributed by atoms with Gasteiger partial charge in [-0.05, 0) is 70.8 Å². The number of fused-ring (bicyclic) bond motifs is 1. The maximum Gasteiger partial charge on any atom is 0.250 e. The molecule has 0 saturated carbocycles. The van der Waals surface area contributed by atoms with Crippen molar-refractivity contribution in [3.05, 3.63) is 108 Å². The normalized spacial score (nSPS) is 15.9. The van der Waals surface area contributed by atoms with E-state index in [2.05, 4.69) is 15.3 Å². The van der Waals surface area contributed by atoms with E-state index in [1.165, 1.54) is 6.08 Å². The fourth-order valence-corrected chi connectivity index (χ4v) is 5.25. The second kappa shape index (κ2) is 12.4. The molecule has 3 aromatic heterocycles. The van der Waals surface area contributed by atoms with Crippen LogP contribution in [0.1, 0.15) is 36.0 Å². The number of hydrogen-bond donors (Lipinski definition) is 3. The number of anilines is 1. The van der Waals surface area contributed by atoms with Gasteiger partial charge in [-0.2, -0.15) is 0 Å². The zero-order chi connectivity index (χ0) is 30.7. The van der Waals surface area contributed by atoms with Crippen LogP contribution in [0.25, 0.3) is 39.4 Å². The number of piperidine rings is 1. The smallest absolute Gasteiger partial charge is 0.250 e. The minimum atomic E-state index is -2.67. The fraction of sp³-hybridized carbons (Fsp3) is 0.206. The molecule has 8 nitrogen and oxygen atoms in total. The van der Waals surface area contributed by atoms with E-state index in [1.807, 2.05) is 60.7 Å². The van der Waals surface area contributed by atoms with Crippen molar-refractivity contribution in [2.75, 3.05) is 18.8 Å². The van der Waals surface area contributed by atoms with Crippen molar-refractivity contribution >= 4 is 28.8 Å². The predicted octanol–water partition coefficient (Wildman–Crippen LogP) is 6.19. The highest BCUT2D eigenvalue weighted by molar-refractivity contribution is 5.96. The molecule has 1 saturated heterocycles. The average Bonchev–Trinajstić information content (AvgIpc) is 3.46. The topological polar surface area (TPSA) is 118 Å². The average molecular weight is 596 g/mol. The number of carbonyl (C=O) groups excluding carboxylic acids is 1. The van der Waals surface area contributed by atoms with Crippen LogP contribution in [-0.2, 0) is 11.3 Å². The number of benzene rings is 2. The summed E-state index contributed by atoms with van der Waals surface area (Å²) in [6.07, 6.45) is 4.92. The third-order valence-corrected chi connectivity index (χ3v) is 7.70. The second-order valence-corrected chi connectivity index (χ2v) is 10.8. The first kappa shape index (κ1) is 29.2. The van der Waals surface area contributed by atoms with Gasteiger partial charge in [-0.15, -0.1) is 0 Å². The number of rotatable bonds is 8. The number of nitrogens with one attached hydrogen (secondary N) is 1. The molecule has 4 N–H and O–H groups in total. The Morgan fingerprint density at radius 2 is 1.84 bits per heavy atom. The van der Waals surface area contributed by atoms with E-state index in [-0.39, 0.29) is 38.4 Å². The number of carbonyl (C=O) groups is 1. The summed E-state index contributed by atoms with van der Waals surface area (Å²) in [6.45, 7) is 0.461. The summed E-state index contributed by atoms with van der Waals surface area (Å²) in [7, 11) is 0. The Balaban J connectivity index is 1.23. The molecule has 4 heterocycles. The summed E-state index contributed by atoms with van der Waals surface area (Å²) >= 11 is 0. The van der Waals surface area contributed by atoms with Crippen LogP contribution in [0.5, 0.6) is 0 Å². The van der Waals surface area contributed by atoms with Crippen LogP contribution in [0, 0.1) is 0 Å². The quantitative estimate of drug-likeness (QED) is 0.183. The number of likely N-dealkylation sites (tertiary alicyclic amines) is 1. The standard InChI is InChI=1S/C34H31F2N5O3/c35-34(36)12-15-41(16-13-34)33(43)24-8-6-23(7-9-24)25-17-26-18-27(44-32(26)28(19-25)29-3-1-2-14-38-29)21-40-31(42)11-5-22-4-10-30(37)39-20-22/h1-11,14,17-20,33,43H,12-13,15-16,21H2,(H2,37,39)(H,40,42)/b11-5+. The van der Waals surface area contributed by atoms with Crippen molar-refractivity contribution in [2.45, 2.75) is 31.5 Å². The number of aliphatic hydroxyl groups is 1. The Bertz CT molecular complexity index is 1780. The van der Waals surface area contributed by atoms with Gasteiger partial charge in [0.25, 0.3) is 5.92 Å². The minimum absolute atomic E-state index is 0.139. The van der Waals surface area contributed by atoms with Gasteiger partial charge in [-0.25, -0.2) is 13.8 Å². The molecule has 1 atom stereocenters. The molecule has 0 radical (unpaired) electrons. The van der Waals surface area contributed by atoms with E-state index >= 15 is 0 Å². The number of aliphatic hydroxyl groups excluding tert-OH is 1. The zero-order valence-electron chi connectivity index (χ0n) is 23.8. The van der Waals surface area contributed by atoms with Gasteiger partial charge in [0, 0.05) is 55.4 Å². The molecule has 1 unspecified atom stereocenters. The van der Waals surface area contributed by atoms with Crippen LogP contribution in [0.2, 0.25) is 0 Å². The number of nitrogens with zero attached hydrogens (tertiary/aromatic N) is 3. The molecule has 0 bridgehead atoms. The predicted molar refractivity (Wildman–Crippen MR) is 165 cm³/mol. The number of pyridine rings is 2. The number of hydrogen-bond acceptors (Lipinski definition) is 7. The third-order valence-electron chi connectivity index (χ3n) is 7.70. The lowest BCUT2D eigenvalue weighted by Gasteiger charge is -2.35.